The fraction of sp³-hybridized carbons (Fsp3) is 0.263. The van der Waals surface area contributed by atoms with Crippen LogP contribution in [0.2, 0.25) is 0 Å². The second-order valence-corrected chi connectivity index (χ2v) is 6.28. The minimum Gasteiger partial charge on any atom is -0.493 e. The Morgan fingerprint density at radius 3 is 3.05 bits per heavy atom. The van der Waals surface area contributed by atoms with E-state index in [1.807, 2.05) is 0 Å². The van der Waals surface area contributed by atoms with Crippen LogP contribution in [-0.4, -0.2) is 18.1 Å². The topological polar surface area (TPSA) is 41.6 Å². The van der Waals surface area contributed by atoms with Crippen LogP contribution in [0.3, 0.4) is 0 Å². The molecule has 5 rings (SSSR count). The van der Waals surface area contributed by atoms with Crippen molar-refractivity contribution in [3.8, 4) is 5.75 Å². The maximum atomic E-state index is 5.64. The van der Waals surface area contributed by atoms with Gasteiger partial charge in [0.05, 0.1) is 18.8 Å². The molecule has 0 aliphatic carbocycles. The number of ether oxygens (including phenoxy) is 1. The molecule has 3 heteroatoms. The van der Waals surface area contributed by atoms with E-state index in [-0.39, 0.29) is 0 Å². The third-order valence-electron chi connectivity index (χ3n) is 5.03. The summed E-state index contributed by atoms with van der Waals surface area (Å²) in [6, 6.07) is 15.7. The molecule has 3 N–H and O–H groups in total. The quantitative estimate of drug-likeness (QED) is 0.710. The summed E-state index contributed by atoms with van der Waals surface area (Å²) in [6.45, 7) is 1.97. The van der Waals surface area contributed by atoms with Gasteiger partial charge in [-0.3, -0.25) is 0 Å². The molecule has 3 aromatic rings. The SMILES string of the molecule is c1ccc2c3c([nH]c2c1)C(c1ccc2c(c1)CCO2)[NH2+]CC3. The maximum absolute atomic E-state index is 5.64. The van der Waals surface area contributed by atoms with E-state index in [0.717, 1.165) is 31.7 Å². The summed E-state index contributed by atoms with van der Waals surface area (Å²) < 4.78 is 5.64. The predicted molar refractivity (Wildman–Crippen MR) is 86.3 cm³/mol. The summed E-state index contributed by atoms with van der Waals surface area (Å²) in [7, 11) is 0. The Kier molecular flexibility index (Phi) is 2.58. The summed E-state index contributed by atoms with van der Waals surface area (Å²) in [6.07, 6.45) is 2.18. The van der Waals surface area contributed by atoms with Gasteiger partial charge in [0.15, 0.2) is 6.04 Å². The van der Waals surface area contributed by atoms with E-state index in [4.69, 9.17) is 4.74 Å². The molecule has 1 unspecified atom stereocenters. The Morgan fingerprint density at radius 2 is 2.05 bits per heavy atom. The average Bonchev–Trinajstić information content (AvgIpc) is 3.18. The van der Waals surface area contributed by atoms with Crippen molar-refractivity contribution in [3.63, 3.8) is 0 Å². The first-order chi connectivity index (χ1) is 10.9. The molecule has 0 fully saturated rings. The van der Waals surface area contributed by atoms with Crippen LogP contribution in [0.15, 0.2) is 42.5 Å². The molecular formula is C19H19N2O+. The van der Waals surface area contributed by atoms with Gasteiger partial charge in [-0.25, -0.2) is 0 Å². The van der Waals surface area contributed by atoms with Gasteiger partial charge >= 0.3 is 0 Å². The van der Waals surface area contributed by atoms with Crippen molar-refractivity contribution in [3.05, 3.63) is 64.8 Å². The van der Waals surface area contributed by atoms with Crippen molar-refractivity contribution in [1.82, 2.24) is 4.98 Å². The highest BCUT2D eigenvalue weighted by Gasteiger charge is 2.29. The molecule has 2 aromatic carbocycles. The van der Waals surface area contributed by atoms with Crippen LogP contribution in [0.25, 0.3) is 10.9 Å². The van der Waals surface area contributed by atoms with Gasteiger partial charge in [0, 0.05) is 29.3 Å². The number of rotatable bonds is 1. The molecule has 22 heavy (non-hydrogen) atoms. The first kappa shape index (κ1) is 12.3. The van der Waals surface area contributed by atoms with E-state index in [1.54, 1.807) is 0 Å². The zero-order valence-corrected chi connectivity index (χ0v) is 12.4. The van der Waals surface area contributed by atoms with Crippen LogP contribution in [0, 0.1) is 0 Å². The molecule has 110 valence electrons. The minimum atomic E-state index is 0.377. The normalized spacial score (nSPS) is 19.7. The predicted octanol–water partition coefficient (Wildman–Crippen LogP) is 2.31. The molecule has 0 saturated carbocycles. The highest BCUT2D eigenvalue weighted by atomic mass is 16.5. The van der Waals surface area contributed by atoms with Crippen LogP contribution >= 0.6 is 0 Å². The number of nitrogens with two attached hydrogens (primary N) is 1. The van der Waals surface area contributed by atoms with E-state index < -0.39 is 0 Å². The second-order valence-electron chi connectivity index (χ2n) is 6.28. The summed E-state index contributed by atoms with van der Waals surface area (Å²) in [5.74, 6) is 1.07. The third-order valence-corrected chi connectivity index (χ3v) is 5.03. The van der Waals surface area contributed by atoms with Crippen molar-refractivity contribution >= 4 is 10.9 Å². The molecule has 2 aliphatic heterocycles. The van der Waals surface area contributed by atoms with E-state index in [1.165, 1.54) is 33.3 Å². The molecule has 0 amide bonds. The number of hydrogen-bond donors (Lipinski definition) is 2. The lowest BCUT2D eigenvalue weighted by molar-refractivity contribution is -0.690. The Bertz CT molecular complexity index is 865. The number of nitrogens with one attached hydrogen (secondary N) is 1. The number of benzene rings is 2. The van der Waals surface area contributed by atoms with E-state index in [2.05, 4.69) is 52.8 Å². The largest absolute Gasteiger partial charge is 0.493 e. The van der Waals surface area contributed by atoms with Crippen molar-refractivity contribution in [2.75, 3.05) is 13.2 Å². The lowest BCUT2D eigenvalue weighted by atomic mass is 9.93. The Hall–Kier alpha value is -2.26. The summed E-state index contributed by atoms with van der Waals surface area (Å²) in [5.41, 5.74) is 6.88. The van der Waals surface area contributed by atoms with Gasteiger partial charge in [-0.1, -0.05) is 18.2 Å². The zero-order chi connectivity index (χ0) is 14.5. The van der Waals surface area contributed by atoms with Gasteiger partial charge < -0.3 is 15.0 Å². The van der Waals surface area contributed by atoms with Crippen LogP contribution in [0.5, 0.6) is 5.75 Å². The molecule has 3 heterocycles. The standard InChI is InChI=1S/C19H18N2O/c1-2-4-16-14(3-1)15-7-9-20-18(19(15)21-16)13-5-6-17-12(11-13)8-10-22-17/h1-6,11,18,20-21H,7-10H2/p+1. The van der Waals surface area contributed by atoms with Crippen molar-refractivity contribution < 1.29 is 10.1 Å². The Morgan fingerprint density at radius 1 is 1.09 bits per heavy atom. The number of H-pyrrole nitrogens is 1. The smallest absolute Gasteiger partial charge is 0.153 e. The van der Waals surface area contributed by atoms with Crippen molar-refractivity contribution in [2.45, 2.75) is 18.9 Å². The zero-order valence-electron chi connectivity index (χ0n) is 12.4. The number of para-hydroxylation sites is 1. The maximum Gasteiger partial charge on any atom is 0.153 e. The van der Waals surface area contributed by atoms with Crippen molar-refractivity contribution in [2.24, 2.45) is 0 Å². The van der Waals surface area contributed by atoms with Crippen molar-refractivity contribution in [1.29, 1.82) is 0 Å². The number of aromatic nitrogens is 1. The summed E-state index contributed by atoms with van der Waals surface area (Å²) in [5, 5.41) is 3.84. The van der Waals surface area contributed by atoms with E-state index in [9.17, 15) is 0 Å². The second kappa shape index (κ2) is 4.62. The van der Waals surface area contributed by atoms with Gasteiger partial charge in [0.25, 0.3) is 0 Å². The average molecular weight is 291 g/mol. The van der Waals surface area contributed by atoms with Crippen LogP contribution in [0.4, 0.5) is 0 Å². The number of quaternary nitrogens is 1. The number of aromatic amines is 1. The summed E-state index contributed by atoms with van der Waals surface area (Å²) >= 11 is 0. The number of hydrogen-bond acceptors (Lipinski definition) is 1. The van der Waals surface area contributed by atoms with Crippen LogP contribution in [0.1, 0.15) is 28.4 Å². The van der Waals surface area contributed by atoms with Crippen LogP contribution in [-0.2, 0) is 12.8 Å². The molecule has 1 aromatic heterocycles. The van der Waals surface area contributed by atoms with E-state index >= 15 is 0 Å². The Labute approximate surface area is 129 Å². The number of fused-ring (bicyclic) bond motifs is 4. The molecule has 3 nitrogen and oxygen atoms in total. The van der Waals surface area contributed by atoms with Gasteiger partial charge in [-0.05, 0) is 35.4 Å². The molecule has 0 spiro atoms. The fourth-order valence-electron chi connectivity index (χ4n) is 3.97. The molecule has 2 aliphatic rings. The monoisotopic (exact) mass is 291 g/mol. The Balaban J connectivity index is 1.65. The highest BCUT2D eigenvalue weighted by molar-refractivity contribution is 5.85. The van der Waals surface area contributed by atoms with Gasteiger partial charge in [-0.2, -0.15) is 0 Å². The summed E-state index contributed by atoms with van der Waals surface area (Å²) in [4.78, 5) is 3.67. The molecule has 1 atom stereocenters. The lowest BCUT2D eigenvalue weighted by Crippen LogP contribution is -2.87. The van der Waals surface area contributed by atoms with Crippen LogP contribution < -0.4 is 10.1 Å². The lowest BCUT2D eigenvalue weighted by Gasteiger charge is -2.22. The first-order valence-corrected chi connectivity index (χ1v) is 8.08. The molecule has 0 radical (unpaired) electrons. The minimum absolute atomic E-state index is 0.377. The fourth-order valence-corrected chi connectivity index (χ4v) is 3.97. The van der Waals surface area contributed by atoms with Gasteiger partial charge in [0.2, 0.25) is 0 Å². The third kappa shape index (κ3) is 1.72. The highest BCUT2D eigenvalue weighted by Crippen LogP contribution is 2.33. The molecular weight excluding hydrogens is 272 g/mol. The molecule has 0 bridgehead atoms. The van der Waals surface area contributed by atoms with Gasteiger partial charge in [0.1, 0.15) is 5.75 Å². The van der Waals surface area contributed by atoms with Gasteiger partial charge in [-0.15, -0.1) is 0 Å². The van der Waals surface area contributed by atoms with E-state index in [0.29, 0.717) is 6.04 Å². The first-order valence-electron chi connectivity index (χ1n) is 8.08. The molecule has 0 saturated heterocycles.